The van der Waals surface area contributed by atoms with Crippen LogP contribution in [0.1, 0.15) is 15.9 Å². The molecule has 0 bridgehead atoms. The fourth-order valence-electron chi connectivity index (χ4n) is 1.71. The molecule has 0 spiro atoms. The van der Waals surface area contributed by atoms with Crippen molar-refractivity contribution in [2.45, 2.75) is 6.61 Å². The third-order valence-electron chi connectivity index (χ3n) is 2.52. The molecule has 0 amide bonds. The molecular weight excluding hydrogens is 282 g/mol. The van der Waals surface area contributed by atoms with Gasteiger partial charge in [-0.1, -0.05) is 18.2 Å². The number of aliphatic hydroxyl groups is 1. The Hall–Kier alpha value is -1.52. The summed E-state index contributed by atoms with van der Waals surface area (Å²) in [5.74, 6) is 0. The Bertz CT molecular complexity index is 555. The lowest BCUT2D eigenvalue weighted by molar-refractivity contribution is 0.112. The van der Waals surface area contributed by atoms with Gasteiger partial charge in [-0.15, -0.1) is 0 Å². The highest BCUT2D eigenvalue weighted by Gasteiger charge is 2.09. The Morgan fingerprint density at radius 2 is 2.18 bits per heavy atom. The average Bonchev–Trinajstić information content (AvgIpc) is 2.37. The first-order valence-corrected chi connectivity index (χ1v) is 5.85. The second kappa shape index (κ2) is 5.21. The summed E-state index contributed by atoms with van der Waals surface area (Å²) in [5, 5.41) is 9.19. The van der Waals surface area contributed by atoms with Gasteiger partial charge >= 0.3 is 0 Å². The number of pyridine rings is 1. The number of nitrogens with zero attached hydrogens (tertiary/aromatic N) is 1. The van der Waals surface area contributed by atoms with E-state index in [0.29, 0.717) is 15.7 Å². The molecule has 1 heterocycles. The number of rotatable bonds is 3. The highest BCUT2D eigenvalue weighted by atomic mass is 79.9. The summed E-state index contributed by atoms with van der Waals surface area (Å²) in [7, 11) is 0. The zero-order valence-electron chi connectivity index (χ0n) is 8.93. The van der Waals surface area contributed by atoms with E-state index >= 15 is 0 Å². The Morgan fingerprint density at radius 1 is 1.35 bits per heavy atom. The first kappa shape index (κ1) is 12.0. The lowest BCUT2D eigenvalue weighted by atomic mass is 9.97. The van der Waals surface area contributed by atoms with Crippen molar-refractivity contribution in [3.8, 4) is 11.1 Å². The van der Waals surface area contributed by atoms with Crippen molar-refractivity contribution < 1.29 is 9.90 Å². The van der Waals surface area contributed by atoms with Crippen LogP contribution in [0.4, 0.5) is 0 Å². The molecule has 2 rings (SSSR count). The molecule has 0 radical (unpaired) electrons. The fourth-order valence-corrected chi connectivity index (χ4v) is 2.08. The minimum absolute atomic E-state index is 0.145. The maximum atomic E-state index is 11.1. The van der Waals surface area contributed by atoms with E-state index in [1.165, 1.54) is 0 Å². The first-order chi connectivity index (χ1) is 8.26. The van der Waals surface area contributed by atoms with Gasteiger partial charge in [0.1, 0.15) is 4.60 Å². The fraction of sp³-hybridized carbons (Fsp3) is 0.0769. The van der Waals surface area contributed by atoms with Crippen molar-refractivity contribution >= 4 is 22.2 Å². The van der Waals surface area contributed by atoms with Crippen molar-refractivity contribution in [3.05, 3.63) is 52.3 Å². The number of aliphatic hydroxyl groups excluding tert-OH is 1. The molecule has 0 saturated heterocycles. The summed E-state index contributed by atoms with van der Waals surface area (Å²) in [6.07, 6.45) is 2.44. The Kier molecular flexibility index (Phi) is 3.66. The topological polar surface area (TPSA) is 50.2 Å². The molecule has 1 aromatic heterocycles. The number of carbonyl (C=O) groups is 1. The largest absolute Gasteiger partial charge is 0.392 e. The number of hydrogen-bond donors (Lipinski definition) is 1. The number of aldehydes is 1. The van der Waals surface area contributed by atoms with E-state index in [1.807, 2.05) is 24.3 Å². The summed E-state index contributed by atoms with van der Waals surface area (Å²) in [5.41, 5.74) is 2.84. The highest BCUT2D eigenvalue weighted by molar-refractivity contribution is 9.10. The molecule has 1 aromatic carbocycles. The van der Waals surface area contributed by atoms with Gasteiger partial charge in [0.25, 0.3) is 0 Å². The van der Waals surface area contributed by atoms with Crippen LogP contribution in [0.15, 0.2) is 41.1 Å². The third-order valence-corrected chi connectivity index (χ3v) is 2.96. The van der Waals surface area contributed by atoms with Crippen molar-refractivity contribution in [1.82, 2.24) is 4.98 Å². The van der Waals surface area contributed by atoms with Crippen molar-refractivity contribution in [2.24, 2.45) is 0 Å². The van der Waals surface area contributed by atoms with Gasteiger partial charge in [0.15, 0.2) is 6.29 Å². The molecule has 0 aliphatic rings. The van der Waals surface area contributed by atoms with Crippen molar-refractivity contribution in [2.75, 3.05) is 0 Å². The van der Waals surface area contributed by atoms with E-state index in [9.17, 15) is 9.90 Å². The molecule has 0 aliphatic carbocycles. The second-order valence-corrected chi connectivity index (χ2v) is 4.33. The molecule has 0 atom stereocenters. The van der Waals surface area contributed by atoms with Gasteiger partial charge in [0.05, 0.1) is 6.61 Å². The van der Waals surface area contributed by atoms with Crippen LogP contribution in [0.5, 0.6) is 0 Å². The quantitative estimate of drug-likeness (QED) is 0.699. The Labute approximate surface area is 107 Å². The zero-order valence-corrected chi connectivity index (χ0v) is 10.5. The zero-order chi connectivity index (χ0) is 12.3. The van der Waals surface area contributed by atoms with Gasteiger partial charge in [-0.05, 0) is 44.8 Å². The number of benzene rings is 1. The summed E-state index contributed by atoms with van der Waals surface area (Å²) < 4.78 is 0.709. The number of carbonyl (C=O) groups excluding carboxylic acids is 1. The molecule has 0 saturated carbocycles. The second-order valence-electron chi connectivity index (χ2n) is 3.52. The minimum Gasteiger partial charge on any atom is -0.392 e. The summed E-state index contributed by atoms with van der Waals surface area (Å²) in [6, 6.07) is 9.08. The van der Waals surface area contributed by atoms with E-state index in [-0.39, 0.29) is 6.61 Å². The molecule has 1 N–H and O–H groups in total. The SMILES string of the molecule is O=Cc1c(CO)cccc1-c1ccnc(Br)c1. The van der Waals surface area contributed by atoms with Crippen LogP contribution in [0.2, 0.25) is 0 Å². The number of halogens is 1. The molecule has 0 fully saturated rings. The van der Waals surface area contributed by atoms with Crippen LogP contribution in [0.3, 0.4) is 0 Å². The molecule has 0 unspecified atom stereocenters. The number of aromatic nitrogens is 1. The monoisotopic (exact) mass is 291 g/mol. The molecule has 4 heteroatoms. The van der Waals surface area contributed by atoms with E-state index < -0.39 is 0 Å². The summed E-state index contributed by atoms with van der Waals surface area (Å²) in [6.45, 7) is -0.145. The van der Waals surface area contributed by atoms with Crippen LogP contribution in [0.25, 0.3) is 11.1 Å². The predicted octanol–water partition coefficient (Wildman–Crippen LogP) is 2.82. The highest BCUT2D eigenvalue weighted by Crippen LogP contribution is 2.26. The van der Waals surface area contributed by atoms with Crippen LogP contribution < -0.4 is 0 Å². The maximum Gasteiger partial charge on any atom is 0.151 e. The van der Waals surface area contributed by atoms with Gasteiger partial charge in [0, 0.05) is 11.8 Å². The van der Waals surface area contributed by atoms with Crippen LogP contribution in [-0.2, 0) is 6.61 Å². The van der Waals surface area contributed by atoms with Gasteiger partial charge < -0.3 is 5.11 Å². The van der Waals surface area contributed by atoms with Crippen LogP contribution >= 0.6 is 15.9 Å². The van der Waals surface area contributed by atoms with Crippen molar-refractivity contribution in [3.63, 3.8) is 0 Å². The van der Waals surface area contributed by atoms with Gasteiger partial charge in [-0.2, -0.15) is 0 Å². The average molecular weight is 292 g/mol. The lowest BCUT2D eigenvalue weighted by Crippen LogP contribution is -1.96. The Balaban J connectivity index is 2.63. The molecule has 2 aromatic rings. The van der Waals surface area contributed by atoms with Gasteiger partial charge in [-0.3, -0.25) is 4.79 Å². The molecule has 3 nitrogen and oxygen atoms in total. The van der Waals surface area contributed by atoms with E-state index in [4.69, 9.17) is 0 Å². The maximum absolute atomic E-state index is 11.1. The number of hydrogen-bond acceptors (Lipinski definition) is 3. The smallest absolute Gasteiger partial charge is 0.151 e. The van der Waals surface area contributed by atoms with E-state index in [0.717, 1.165) is 17.4 Å². The van der Waals surface area contributed by atoms with Crippen molar-refractivity contribution in [1.29, 1.82) is 0 Å². The lowest BCUT2D eigenvalue weighted by Gasteiger charge is -2.08. The summed E-state index contributed by atoms with van der Waals surface area (Å²) >= 11 is 3.29. The molecular formula is C13H10BrNO2. The molecule has 0 aliphatic heterocycles. The van der Waals surface area contributed by atoms with Crippen LogP contribution in [-0.4, -0.2) is 16.4 Å². The van der Waals surface area contributed by atoms with E-state index in [2.05, 4.69) is 20.9 Å². The Morgan fingerprint density at radius 3 is 2.82 bits per heavy atom. The van der Waals surface area contributed by atoms with E-state index in [1.54, 1.807) is 12.3 Å². The van der Waals surface area contributed by atoms with Gasteiger partial charge in [-0.25, -0.2) is 4.98 Å². The molecule has 86 valence electrons. The summed E-state index contributed by atoms with van der Waals surface area (Å²) in [4.78, 5) is 15.2. The van der Waals surface area contributed by atoms with Gasteiger partial charge in [0.2, 0.25) is 0 Å². The van der Waals surface area contributed by atoms with Crippen LogP contribution in [0, 0.1) is 0 Å². The third kappa shape index (κ3) is 2.43. The first-order valence-electron chi connectivity index (χ1n) is 5.06. The predicted molar refractivity (Wildman–Crippen MR) is 68.7 cm³/mol. The molecule has 17 heavy (non-hydrogen) atoms. The minimum atomic E-state index is -0.145. The normalized spacial score (nSPS) is 10.2. The standard InChI is InChI=1S/C13H10BrNO2/c14-13-6-9(4-5-15-13)11-3-1-2-10(7-16)12(11)8-17/h1-6,8,16H,7H2.